The Hall–Kier alpha value is -0.260. The molecule has 10 heavy (non-hydrogen) atoms. The minimum Gasteiger partial charge on any atom is -0.165 e. The van der Waals surface area contributed by atoms with E-state index in [0.717, 1.165) is 0 Å². The van der Waals surface area contributed by atoms with Gasteiger partial charge >= 0.3 is 20.8 Å². The molecule has 0 aromatic rings. The van der Waals surface area contributed by atoms with E-state index in [1.807, 2.05) is 0 Å². The molecule has 1 rings (SSSR count). The Kier molecular flexibility index (Phi) is 1.66. The van der Waals surface area contributed by atoms with Crippen molar-refractivity contribution in [1.82, 2.24) is 0 Å². The second-order valence-electron chi connectivity index (χ2n) is 1.09. The fourth-order valence-electron chi connectivity index (χ4n) is 0.204. The predicted molar refractivity (Wildman–Crippen MR) is 22.2 cm³/mol. The monoisotopic (exact) mass is 192 g/mol. The first-order chi connectivity index (χ1) is 4.41. The summed E-state index contributed by atoms with van der Waals surface area (Å²) >= 11 is 0. The van der Waals surface area contributed by atoms with Crippen molar-refractivity contribution in [2.45, 2.75) is 0 Å². The molecule has 8 nitrogen and oxygen atoms in total. The zero-order chi connectivity index (χ0) is 7.83. The Morgan fingerprint density at radius 3 is 1.40 bits per heavy atom. The SMILES string of the molecule is O=S1(=O)OOOS(=O)(=O)O1. The van der Waals surface area contributed by atoms with Gasteiger partial charge in [-0.2, -0.15) is 16.8 Å². The van der Waals surface area contributed by atoms with Crippen LogP contribution in [0, 0.1) is 0 Å². The highest BCUT2D eigenvalue weighted by molar-refractivity contribution is 7.95. The van der Waals surface area contributed by atoms with Crippen LogP contribution in [0.3, 0.4) is 0 Å². The highest BCUT2D eigenvalue weighted by Gasteiger charge is 2.33. The normalized spacial score (nSPS) is 29.6. The molecule has 0 aromatic carbocycles. The standard InChI is InChI=1S/O8S2/c1-9(2)6-5-7-10(3,4)8-9. The molecule has 1 aliphatic rings. The molecular weight excluding hydrogens is 192 g/mol. The van der Waals surface area contributed by atoms with Crippen molar-refractivity contribution < 1.29 is 34.2 Å². The summed E-state index contributed by atoms with van der Waals surface area (Å²) in [7, 11) is -9.25. The number of hydrogen-bond acceptors (Lipinski definition) is 8. The molecule has 0 radical (unpaired) electrons. The van der Waals surface area contributed by atoms with Crippen molar-refractivity contribution >= 4 is 20.8 Å². The fourth-order valence-corrected chi connectivity index (χ4v) is 1.43. The molecule has 0 atom stereocenters. The molecule has 0 aliphatic carbocycles. The Balaban J connectivity index is 2.97. The van der Waals surface area contributed by atoms with Gasteiger partial charge in [0.15, 0.2) is 0 Å². The highest BCUT2D eigenvalue weighted by atomic mass is 32.3. The lowest BCUT2D eigenvalue weighted by Crippen LogP contribution is -2.24. The smallest absolute Gasteiger partial charge is 0.165 e. The van der Waals surface area contributed by atoms with Crippen LogP contribution in [0.15, 0.2) is 0 Å². The molecule has 0 N–H and O–H groups in total. The zero-order valence-electron chi connectivity index (χ0n) is 4.08. The van der Waals surface area contributed by atoms with Crippen molar-refractivity contribution in [1.29, 1.82) is 0 Å². The van der Waals surface area contributed by atoms with Crippen molar-refractivity contribution in [2.75, 3.05) is 0 Å². The third-order valence-electron chi connectivity index (χ3n) is 0.389. The van der Waals surface area contributed by atoms with Crippen LogP contribution >= 0.6 is 0 Å². The van der Waals surface area contributed by atoms with Crippen molar-refractivity contribution in [3.63, 3.8) is 0 Å². The first-order valence-corrected chi connectivity index (χ1v) is 4.33. The van der Waals surface area contributed by atoms with Gasteiger partial charge in [0.1, 0.15) is 0 Å². The maximum absolute atomic E-state index is 10.0. The van der Waals surface area contributed by atoms with Gasteiger partial charge in [-0.25, -0.2) is 0 Å². The minimum absolute atomic E-state index is 3.20. The lowest BCUT2D eigenvalue weighted by molar-refractivity contribution is -0.420. The third-order valence-corrected chi connectivity index (χ3v) is 2.17. The van der Waals surface area contributed by atoms with E-state index in [1.165, 1.54) is 0 Å². The Labute approximate surface area is 55.8 Å². The van der Waals surface area contributed by atoms with E-state index in [4.69, 9.17) is 0 Å². The maximum atomic E-state index is 10.0. The molecule has 1 heterocycles. The molecule has 0 saturated carbocycles. The van der Waals surface area contributed by atoms with Gasteiger partial charge in [0.2, 0.25) is 0 Å². The van der Waals surface area contributed by atoms with Crippen LogP contribution in [0.5, 0.6) is 0 Å². The zero-order valence-corrected chi connectivity index (χ0v) is 5.72. The van der Waals surface area contributed by atoms with Gasteiger partial charge in [0.05, 0.1) is 0 Å². The summed E-state index contributed by atoms with van der Waals surface area (Å²) < 4.78 is 49.9. The van der Waals surface area contributed by atoms with Gasteiger partial charge in [0.25, 0.3) is 0 Å². The van der Waals surface area contributed by atoms with Gasteiger partial charge < -0.3 is 0 Å². The van der Waals surface area contributed by atoms with Crippen LogP contribution in [0.2, 0.25) is 0 Å². The van der Waals surface area contributed by atoms with Gasteiger partial charge in [0, 0.05) is 0 Å². The molecule has 0 aromatic heterocycles. The van der Waals surface area contributed by atoms with Crippen molar-refractivity contribution in [3.05, 3.63) is 0 Å². The molecule has 0 spiro atoms. The second kappa shape index (κ2) is 2.11. The number of rotatable bonds is 0. The quantitative estimate of drug-likeness (QED) is 0.422. The molecular formula is O8S2. The summed E-state index contributed by atoms with van der Waals surface area (Å²) in [5.41, 5.74) is 0. The molecule has 1 saturated heterocycles. The van der Waals surface area contributed by atoms with E-state index in [9.17, 15) is 16.8 Å². The van der Waals surface area contributed by atoms with Gasteiger partial charge in [-0.05, 0) is 5.04 Å². The van der Waals surface area contributed by atoms with E-state index in [1.54, 1.807) is 0 Å². The lowest BCUT2D eigenvalue weighted by Gasteiger charge is -2.06. The average molecular weight is 192 g/mol. The molecule has 0 amide bonds. The average Bonchev–Trinajstić information content (AvgIpc) is 1.56. The molecule has 60 valence electrons. The van der Waals surface area contributed by atoms with Crippen molar-refractivity contribution in [2.24, 2.45) is 0 Å². The van der Waals surface area contributed by atoms with Gasteiger partial charge in [-0.3, -0.25) is 0 Å². The van der Waals surface area contributed by atoms with Crippen LogP contribution in [-0.2, 0) is 38.1 Å². The summed E-state index contributed by atoms with van der Waals surface area (Å²) in [5, 5.41) is 3.20. The topological polar surface area (TPSA) is 105 Å². The number of hydrogen-bond donors (Lipinski definition) is 0. The van der Waals surface area contributed by atoms with E-state index in [0.29, 0.717) is 0 Å². The highest BCUT2D eigenvalue weighted by Crippen LogP contribution is 2.12. The first kappa shape index (κ1) is 7.84. The predicted octanol–water partition coefficient (Wildman–Crippen LogP) is -1.61. The largest absolute Gasteiger partial charge is 0.445 e. The summed E-state index contributed by atoms with van der Waals surface area (Å²) in [6.45, 7) is 0. The minimum atomic E-state index is -4.63. The molecule has 0 unspecified atom stereocenters. The Morgan fingerprint density at radius 1 is 0.800 bits per heavy atom. The fraction of sp³-hybridized carbons (Fsp3) is 0. The Bertz CT molecular complexity index is 269. The first-order valence-electron chi connectivity index (χ1n) is 1.67. The van der Waals surface area contributed by atoms with Crippen LogP contribution in [0.4, 0.5) is 0 Å². The molecule has 1 fully saturated rings. The Morgan fingerprint density at radius 2 is 1.20 bits per heavy atom. The van der Waals surface area contributed by atoms with Crippen LogP contribution in [0.1, 0.15) is 0 Å². The summed E-state index contributed by atoms with van der Waals surface area (Å²) in [4.78, 5) is 0. The van der Waals surface area contributed by atoms with E-state index in [2.05, 4.69) is 17.3 Å². The van der Waals surface area contributed by atoms with E-state index in [-0.39, 0.29) is 0 Å². The van der Waals surface area contributed by atoms with Gasteiger partial charge in [-0.1, -0.05) is 12.3 Å². The van der Waals surface area contributed by atoms with Gasteiger partial charge in [-0.15, -0.1) is 0 Å². The van der Waals surface area contributed by atoms with Crippen LogP contribution in [0.25, 0.3) is 0 Å². The summed E-state index contributed by atoms with van der Waals surface area (Å²) in [6.07, 6.45) is 0. The molecule has 0 bridgehead atoms. The molecule has 10 heteroatoms. The van der Waals surface area contributed by atoms with Crippen LogP contribution < -0.4 is 0 Å². The summed E-state index contributed by atoms with van der Waals surface area (Å²) in [6, 6.07) is 0. The van der Waals surface area contributed by atoms with Crippen LogP contribution in [-0.4, -0.2) is 16.8 Å². The summed E-state index contributed by atoms with van der Waals surface area (Å²) in [5.74, 6) is 0. The van der Waals surface area contributed by atoms with E-state index >= 15 is 0 Å². The maximum Gasteiger partial charge on any atom is 0.445 e. The lowest BCUT2D eigenvalue weighted by atomic mass is 14.6. The second-order valence-corrected chi connectivity index (χ2v) is 3.54. The van der Waals surface area contributed by atoms with E-state index < -0.39 is 20.8 Å². The molecule has 1 aliphatic heterocycles. The third kappa shape index (κ3) is 1.86. The van der Waals surface area contributed by atoms with Crippen molar-refractivity contribution in [3.8, 4) is 0 Å².